The van der Waals surface area contributed by atoms with Crippen LogP contribution in [-0.4, -0.2) is 15.6 Å². The molecule has 1 aliphatic heterocycles. The minimum atomic E-state index is -0.232. The number of pyridine rings is 1. The smallest absolute Gasteiger partial charge is 0.136 e. The van der Waals surface area contributed by atoms with Crippen LogP contribution < -0.4 is 4.90 Å². The summed E-state index contributed by atoms with van der Waals surface area (Å²) in [6.07, 6.45) is 7.77. The number of halogens is 1. The second kappa shape index (κ2) is 6.36. The van der Waals surface area contributed by atoms with Crippen molar-refractivity contribution in [1.29, 1.82) is 0 Å². The fourth-order valence-electron chi connectivity index (χ4n) is 3.56. The van der Waals surface area contributed by atoms with Gasteiger partial charge in [-0.2, -0.15) is 0 Å². The standard InChI is InChI=1S/C22H17FN4/c23-18-8-6-17(7-9-18)21-13-25-19-3-1-2-4-20(19)27(21)15-16-5-10-22-24-11-12-26(22)14-16/h1-14,21H,15H2. The van der Waals surface area contributed by atoms with Gasteiger partial charge in [-0.1, -0.05) is 30.3 Å². The Labute approximate surface area is 156 Å². The zero-order valence-corrected chi connectivity index (χ0v) is 14.5. The number of benzene rings is 2. The second-order valence-electron chi connectivity index (χ2n) is 6.62. The van der Waals surface area contributed by atoms with Crippen LogP contribution in [0.25, 0.3) is 5.65 Å². The third-order valence-electron chi connectivity index (χ3n) is 4.90. The van der Waals surface area contributed by atoms with Crippen LogP contribution in [0, 0.1) is 5.82 Å². The van der Waals surface area contributed by atoms with Gasteiger partial charge in [-0.3, -0.25) is 4.99 Å². The molecule has 0 bridgehead atoms. The maximum absolute atomic E-state index is 13.4. The van der Waals surface area contributed by atoms with Crippen LogP contribution in [0.4, 0.5) is 15.8 Å². The van der Waals surface area contributed by atoms with Crippen molar-refractivity contribution in [3.05, 3.63) is 96.2 Å². The van der Waals surface area contributed by atoms with Gasteiger partial charge < -0.3 is 9.30 Å². The summed E-state index contributed by atoms with van der Waals surface area (Å²) in [6.45, 7) is 0.708. The molecule has 0 fully saturated rings. The van der Waals surface area contributed by atoms with Crippen molar-refractivity contribution in [3.63, 3.8) is 0 Å². The number of anilines is 1. The van der Waals surface area contributed by atoms with E-state index in [9.17, 15) is 4.39 Å². The molecule has 5 rings (SSSR count). The molecular formula is C22H17FN4. The molecule has 0 N–H and O–H groups in total. The number of hydrogen-bond donors (Lipinski definition) is 0. The highest BCUT2D eigenvalue weighted by atomic mass is 19.1. The molecule has 0 saturated carbocycles. The first-order chi connectivity index (χ1) is 13.3. The number of nitrogens with zero attached hydrogens (tertiary/aromatic N) is 4. The fourth-order valence-corrected chi connectivity index (χ4v) is 3.56. The van der Waals surface area contributed by atoms with Crippen molar-refractivity contribution in [2.24, 2.45) is 4.99 Å². The van der Waals surface area contributed by atoms with Crippen LogP contribution in [0.5, 0.6) is 0 Å². The number of para-hydroxylation sites is 2. The molecule has 5 heteroatoms. The van der Waals surface area contributed by atoms with Crippen molar-refractivity contribution in [1.82, 2.24) is 9.38 Å². The first kappa shape index (κ1) is 15.8. The monoisotopic (exact) mass is 356 g/mol. The maximum Gasteiger partial charge on any atom is 0.136 e. The van der Waals surface area contributed by atoms with Crippen LogP contribution in [-0.2, 0) is 6.54 Å². The van der Waals surface area contributed by atoms with E-state index in [1.807, 2.05) is 53.2 Å². The maximum atomic E-state index is 13.4. The molecule has 1 unspecified atom stereocenters. The SMILES string of the molecule is Fc1ccc(C2C=Nc3ccccc3N2Cc2ccc3nccn3c2)cc1. The summed E-state index contributed by atoms with van der Waals surface area (Å²) in [6, 6.07) is 18.8. The Balaban J connectivity index is 1.57. The van der Waals surface area contributed by atoms with E-state index in [-0.39, 0.29) is 11.9 Å². The lowest BCUT2D eigenvalue weighted by Crippen LogP contribution is -2.31. The Morgan fingerprint density at radius 2 is 1.81 bits per heavy atom. The summed E-state index contributed by atoms with van der Waals surface area (Å²) >= 11 is 0. The molecular weight excluding hydrogens is 339 g/mol. The molecule has 2 aromatic carbocycles. The summed E-state index contributed by atoms with van der Waals surface area (Å²) in [4.78, 5) is 11.2. The molecule has 4 aromatic rings. The zero-order valence-electron chi connectivity index (χ0n) is 14.5. The Morgan fingerprint density at radius 3 is 2.70 bits per heavy atom. The van der Waals surface area contributed by atoms with Crippen molar-refractivity contribution < 1.29 is 4.39 Å². The lowest BCUT2D eigenvalue weighted by molar-refractivity contribution is 0.626. The van der Waals surface area contributed by atoms with Crippen LogP contribution in [0.3, 0.4) is 0 Å². The lowest BCUT2D eigenvalue weighted by atomic mass is 10.0. The predicted octanol–water partition coefficient (Wildman–Crippen LogP) is 4.94. The van der Waals surface area contributed by atoms with Gasteiger partial charge in [-0.15, -0.1) is 0 Å². The molecule has 4 nitrogen and oxygen atoms in total. The molecule has 2 aromatic heterocycles. The molecule has 3 heterocycles. The zero-order chi connectivity index (χ0) is 18.2. The average molecular weight is 356 g/mol. The van der Waals surface area contributed by atoms with E-state index in [1.165, 1.54) is 12.1 Å². The normalized spacial score (nSPS) is 15.9. The van der Waals surface area contributed by atoms with E-state index in [4.69, 9.17) is 0 Å². The lowest BCUT2D eigenvalue weighted by Gasteiger charge is -2.35. The fraction of sp³-hybridized carbons (Fsp3) is 0.0909. The van der Waals surface area contributed by atoms with Crippen molar-refractivity contribution in [3.8, 4) is 0 Å². The summed E-state index contributed by atoms with van der Waals surface area (Å²) in [7, 11) is 0. The van der Waals surface area contributed by atoms with Gasteiger partial charge in [0.15, 0.2) is 0 Å². The summed E-state index contributed by atoms with van der Waals surface area (Å²) in [5.41, 5.74) is 5.12. The Morgan fingerprint density at radius 1 is 0.963 bits per heavy atom. The van der Waals surface area contributed by atoms with Gasteiger partial charge in [0, 0.05) is 31.3 Å². The van der Waals surface area contributed by atoms with Gasteiger partial charge in [0.25, 0.3) is 0 Å². The van der Waals surface area contributed by atoms with Gasteiger partial charge in [-0.25, -0.2) is 9.37 Å². The van der Waals surface area contributed by atoms with E-state index in [2.05, 4.69) is 33.2 Å². The number of imidazole rings is 1. The van der Waals surface area contributed by atoms with Gasteiger partial charge in [0.1, 0.15) is 11.5 Å². The highest BCUT2D eigenvalue weighted by Gasteiger charge is 2.25. The number of hydrogen-bond acceptors (Lipinski definition) is 3. The number of fused-ring (bicyclic) bond motifs is 2. The van der Waals surface area contributed by atoms with Crippen molar-refractivity contribution >= 4 is 23.2 Å². The Bertz CT molecular complexity index is 1130. The molecule has 0 saturated heterocycles. The molecule has 0 radical (unpaired) electrons. The number of rotatable bonds is 3. The highest BCUT2D eigenvalue weighted by molar-refractivity contribution is 5.85. The Kier molecular flexibility index (Phi) is 3.71. The summed E-state index contributed by atoms with van der Waals surface area (Å²) in [5.74, 6) is -0.232. The van der Waals surface area contributed by atoms with Gasteiger partial charge in [0.05, 0.1) is 17.4 Å². The first-order valence-electron chi connectivity index (χ1n) is 8.85. The van der Waals surface area contributed by atoms with Gasteiger partial charge in [-0.05, 0) is 41.5 Å². The highest BCUT2D eigenvalue weighted by Crippen LogP contribution is 2.38. The third-order valence-corrected chi connectivity index (χ3v) is 4.90. The first-order valence-corrected chi connectivity index (χ1v) is 8.85. The number of aliphatic imine (C=N–C) groups is 1. The predicted molar refractivity (Wildman–Crippen MR) is 105 cm³/mol. The van der Waals surface area contributed by atoms with Crippen molar-refractivity contribution in [2.75, 3.05) is 4.90 Å². The number of aromatic nitrogens is 2. The van der Waals surface area contributed by atoms with Crippen molar-refractivity contribution in [2.45, 2.75) is 12.6 Å². The molecule has 1 aliphatic rings. The molecule has 1 atom stereocenters. The van der Waals surface area contributed by atoms with E-state index in [0.717, 1.165) is 28.1 Å². The second-order valence-corrected chi connectivity index (χ2v) is 6.62. The van der Waals surface area contributed by atoms with E-state index < -0.39 is 0 Å². The largest absolute Gasteiger partial charge is 0.353 e. The minimum Gasteiger partial charge on any atom is -0.353 e. The minimum absolute atomic E-state index is 0.0565. The summed E-state index contributed by atoms with van der Waals surface area (Å²) in [5, 5.41) is 0. The molecule has 0 aliphatic carbocycles. The van der Waals surface area contributed by atoms with E-state index in [1.54, 1.807) is 6.20 Å². The van der Waals surface area contributed by atoms with Crippen LogP contribution in [0.2, 0.25) is 0 Å². The van der Waals surface area contributed by atoms with Gasteiger partial charge >= 0.3 is 0 Å². The van der Waals surface area contributed by atoms with Crippen LogP contribution in [0.1, 0.15) is 17.2 Å². The van der Waals surface area contributed by atoms with Crippen LogP contribution >= 0.6 is 0 Å². The molecule has 132 valence electrons. The quantitative estimate of drug-likeness (QED) is 0.521. The molecule has 0 spiro atoms. The summed E-state index contributed by atoms with van der Waals surface area (Å²) < 4.78 is 15.4. The average Bonchev–Trinajstić information content (AvgIpc) is 3.17. The van der Waals surface area contributed by atoms with Gasteiger partial charge in [0.2, 0.25) is 0 Å². The van der Waals surface area contributed by atoms with E-state index >= 15 is 0 Å². The molecule has 0 amide bonds. The van der Waals surface area contributed by atoms with E-state index in [0.29, 0.717) is 6.54 Å². The molecule has 27 heavy (non-hydrogen) atoms. The van der Waals surface area contributed by atoms with Crippen LogP contribution in [0.15, 0.2) is 84.2 Å². The Hall–Kier alpha value is -3.47. The third kappa shape index (κ3) is 2.87. The topological polar surface area (TPSA) is 32.9 Å².